The van der Waals surface area contributed by atoms with Gasteiger partial charge in [0.1, 0.15) is 0 Å². The third-order valence-corrected chi connectivity index (χ3v) is 4.93. The van der Waals surface area contributed by atoms with Crippen LogP contribution < -0.4 is 11.1 Å². The molecule has 2 unspecified atom stereocenters. The number of hydrogen-bond acceptors (Lipinski definition) is 4. The molecule has 0 aromatic rings. The average molecular weight is 297 g/mol. The first-order chi connectivity index (χ1) is 10.2. The van der Waals surface area contributed by atoms with Crippen molar-refractivity contribution in [1.29, 1.82) is 0 Å². The van der Waals surface area contributed by atoms with Gasteiger partial charge in [-0.25, -0.2) is 0 Å². The highest BCUT2D eigenvalue weighted by Gasteiger charge is 2.28. The lowest BCUT2D eigenvalue weighted by molar-refractivity contribution is -0.119. The second kappa shape index (κ2) is 8.71. The van der Waals surface area contributed by atoms with Crippen molar-refractivity contribution in [2.24, 2.45) is 17.6 Å². The summed E-state index contributed by atoms with van der Waals surface area (Å²) in [7, 11) is 0. The maximum atomic E-state index is 11.2. The number of amides is 1. The number of nitrogens with zero attached hydrogens (tertiary/aromatic N) is 1. The molecule has 2 rings (SSSR count). The highest BCUT2D eigenvalue weighted by Crippen LogP contribution is 2.25. The van der Waals surface area contributed by atoms with Crippen LogP contribution in [-0.4, -0.2) is 54.7 Å². The zero-order valence-corrected chi connectivity index (χ0v) is 13.1. The lowest BCUT2D eigenvalue weighted by Gasteiger charge is -2.38. The van der Waals surface area contributed by atoms with Crippen LogP contribution in [0.4, 0.5) is 0 Å². The molecular weight excluding hydrogens is 266 g/mol. The third-order valence-electron chi connectivity index (χ3n) is 4.93. The van der Waals surface area contributed by atoms with E-state index >= 15 is 0 Å². The van der Waals surface area contributed by atoms with Crippen molar-refractivity contribution in [1.82, 2.24) is 10.2 Å². The normalized spacial score (nSPS) is 28.0. The van der Waals surface area contributed by atoms with Crippen LogP contribution in [0.3, 0.4) is 0 Å². The largest absolute Gasteiger partial charge is 0.396 e. The van der Waals surface area contributed by atoms with Gasteiger partial charge in [-0.1, -0.05) is 12.8 Å². The molecule has 2 atom stereocenters. The number of aliphatic hydroxyl groups excluding tert-OH is 1. The number of piperidine rings is 1. The van der Waals surface area contributed by atoms with Gasteiger partial charge in [-0.3, -0.25) is 9.69 Å². The predicted molar refractivity (Wildman–Crippen MR) is 83.8 cm³/mol. The summed E-state index contributed by atoms with van der Waals surface area (Å²) >= 11 is 0. The van der Waals surface area contributed by atoms with Gasteiger partial charge in [-0.2, -0.15) is 0 Å². The fourth-order valence-electron chi connectivity index (χ4n) is 3.94. The van der Waals surface area contributed by atoms with E-state index in [0.29, 0.717) is 18.5 Å². The van der Waals surface area contributed by atoms with Crippen LogP contribution in [0.25, 0.3) is 0 Å². The van der Waals surface area contributed by atoms with Gasteiger partial charge in [-0.15, -0.1) is 0 Å². The zero-order valence-electron chi connectivity index (χ0n) is 13.1. The first kappa shape index (κ1) is 16.7. The highest BCUT2D eigenvalue weighted by molar-refractivity contribution is 5.75. The van der Waals surface area contributed by atoms with Crippen molar-refractivity contribution in [3.05, 3.63) is 0 Å². The van der Waals surface area contributed by atoms with Gasteiger partial charge in [0.2, 0.25) is 5.91 Å². The van der Waals surface area contributed by atoms with E-state index in [1.165, 1.54) is 25.7 Å². The molecule has 0 radical (unpaired) electrons. The summed E-state index contributed by atoms with van der Waals surface area (Å²) in [5, 5.41) is 12.7. The number of likely N-dealkylation sites (tertiary alicyclic amines) is 1. The monoisotopic (exact) mass is 297 g/mol. The van der Waals surface area contributed by atoms with E-state index in [1.807, 2.05) is 0 Å². The molecule has 1 aliphatic heterocycles. The van der Waals surface area contributed by atoms with Crippen molar-refractivity contribution in [2.75, 3.05) is 32.8 Å². The van der Waals surface area contributed by atoms with Crippen LogP contribution in [-0.2, 0) is 4.79 Å². The molecule has 2 fully saturated rings. The Bertz CT molecular complexity index is 319. The summed E-state index contributed by atoms with van der Waals surface area (Å²) < 4.78 is 0. The SMILES string of the molecule is NC(=O)CN1CC(CCCO)CC(NCC2CCCC2)C1. The van der Waals surface area contributed by atoms with Gasteiger partial charge in [0, 0.05) is 25.7 Å². The highest BCUT2D eigenvalue weighted by atomic mass is 16.2. The van der Waals surface area contributed by atoms with Crippen LogP contribution in [0.15, 0.2) is 0 Å². The Morgan fingerprint density at radius 1 is 1.24 bits per heavy atom. The van der Waals surface area contributed by atoms with Gasteiger partial charge in [0.05, 0.1) is 6.54 Å². The first-order valence-corrected chi connectivity index (χ1v) is 8.52. The molecule has 5 heteroatoms. The topological polar surface area (TPSA) is 78.6 Å². The zero-order chi connectivity index (χ0) is 15.1. The number of carbonyl (C=O) groups excluding carboxylic acids is 1. The summed E-state index contributed by atoms with van der Waals surface area (Å²) in [6, 6.07) is 0.461. The van der Waals surface area contributed by atoms with Gasteiger partial charge >= 0.3 is 0 Å². The Labute approximate surface area is 128 Å². The number of carbonyl (C=O) groups is 1. The minimum atomic E-state index is -0.243. The van der Waals surface area contributed by atoms with Gasteiger partial charge in [0.15, 0.2) is 0 Å². The molecule has 21 heavy (non-hydrogen) atoms. The van der Waals surface area contributed by atoms with Crippen molar-refractivity contribution in [3.63, 3.8) is 0 Å². The number of primary amides is 1. The second-order valence-electron chi connectivity index (χ2n) is 6.88. The van der Waals surface area contributed by atoms with E-state index in [0.717, 1.165) is 44.8 Å². The molecule has 1 aliphatic carbocycles. The first-order valence-electron chi connectivity index (χ1n) is 8.52. The van der Waals surface area contributed by atoms with Gasteiger partial charge < -0.3 is 16.2 Å². The molecule has 2 aliphatic rings. The smallest absolute Gasteiger partial charge is 0.231 e. The summed E-state index contributed by atoms with van der Waals surface area (Å²) in [4.78, 5) is 13.4. The number of aliphatic hydroxyl groups is 1. The molecule has 5 nitrogen and oxygen atoms in total. The Kier molecular flexibility index (Phi) is 6.93. The number of nitrogens with two attached hydrogens (primary N) is 1. The molecule has 1 heterocycles. The number of nitrogens with one attached hydrogen (secondary N) is 1. The van der Waals surface area contributed by atoms with E-state index in [1.54, 1.807) is 0 Å². The predicted octanol–water partition coefficient (Wildman–Crippen LogP) is 0.714. The van der Waals surface area contributed by atoms with E-state index in [9.17, 15) is 4.79 Å². The molecule has 0 bridgehead atoms. The summed E-state index contributed by atoms with van der Waals surface area (Å²) in [6.45, 7) is 3.58. The molecule has 1 saturated heterocycles. The van der Waals surface area contributed by atoms with Crippen LogP contribution in [0.1, 0.15) is 44.9 Å². The van der Waals surface area contributed by atoms with Gasteiger partial charge in [0.25, 0.3) is 0 Å². The second-order valence-corrected chi connectivity index (χ2v) is 6.88. The Morgan fingerprint density at radius 3 is 2.67 bits per heavy atom. The Morgan fingerprint density at radius 2 is 2.00 bits per heavy atom. The van der Waals surface area contributed by atoms with Crippen molar-refractivity contribution < 1.29 is 9.90 Å². The molecule has 0 aromatic carbocycles. The van der Waals surface area contributed by atoms with E-state index in [4.69, 9.17) is 10.8 Å². The third kappa shape index (κ3) is 5.93. The van der Waals surface area contributed by atoms with Crippen LogP contribution >= 0.6 is 0 Å². The Hall–Kier alpha value is -0.650. The van der Waals surface area contributed by atoms with Crippen LogP contribution in [0, 0.1) is 11.8 Å². The average Bonchev–Trinajstić information content (AvgIpc) is 2.95. The molecule has 0 spiro atoms. The number of rotatable bonds is 8. The minimum absolute atomic E-state index is 0.243. The molecule has 0 aromatic heterocycles. The van der Waals surface area contributed by atoms with E-state index in [-0.39, 0.29) is 12.5 Å². The van der Waals surface area contributed by atoms with E-state index in [2.05, 4.69) is 10.2 Å². The summed E-state index contributed by atoms with van der Waals surface area (Å²) in [5.74, 6) is 1.16. The molecular formula is C16H31N3O2. The fraction of sp³-hybridized carbons (Fsp3) is 0.938. The summed E-state index contributed by atoms with van der Waals surface area (Å²) in [6.07, 6.45) is 8.52. The van der Waals surface area contributed by atoms with Crippen LogP contribution in [0.2, 0.25) is 0 Å². The van der Waals surface area contributed by atoms with Crippen molar-refractivity contribution in [3.8, 4) is 0 Å². The maximum absolute atomic E-state index is 11.2. The maximum Gasteiger partial charge on any atom is 0.231 e. The lowest BCUT2D eigenvalue weighted by atomic mass is 9.90. The lowest BCUT2D eigenvalue weighted by Crippen LogP contribution is -2.52. The molecule has 1 saturated carbocycles. The number of hydrogen-bond donors (Lipinski definition) is 3. The molecule has 122 valence electrons. The minimum Gasteiger partial charge on any atom is -0.396 e. The van der Waals surface area contributed by atoms with Crippen molar-refractivity contribution in [2.45, 2.75) is 51.0 Å². The summed E-state index contributed by atoms with van der Waals surface area (Å²) in [5.41, 5.74) is 5.35. The molecule has 4 N–H and O–H groups in total. The van der Waals surface area contributed by atoms with E-state index < -0.39 is 0 Å². The standard InChI is InChI=1S/C16H31N3O2/c17-16(21)12-19-10-14(6-3-7-20)8-15(11-19)18-9-13-4-1-2-5-13/h13-15,18,20H,1-12H2,(H2,17,21). The Balaban J connectivity index is 1.80. The van der Waals surface area contributed by atoms with Crippen LogP contribution in [0.5, 0.6) is 0 Å². The van der Waals surface area contributed by atoms with Crippen molar-refractivity contribution >= 4 is 5.91 Å². The van der Waals surface area contributed by atoms with Gasteiger partial charge in [-0.05, 0) is 50.5 Å². The molecule has 1 amide bonds. The quantitative estimate of drug-likeness (QED) is 0.617. The fourth-order valence-corrected chi connectivity index (χ4v) is 3.94.